The molecule has 0 aliphatic carbocycles. The number of hydrogen-bond donors (Lipinski definition) is 1. The highest BCUT2D eigenvalue weighted by Crippen LogP contribution is 2.06. The highest BCUT2D eigenvalue weighted by Gasteiger charge is 2.02. The lowest BCUT2D eigenvalue weighted by atomic mass is 10.1. The van der Waals surface area contributed by atoms with Crippen molar-refractivity contribution in [1.82, 2.24) is 5.32 Å². The monoisotopic (exact) mass is 328 g/mol. The molecule has 0 radical (unpaired) electrons. The van der Waals surface area contributed by atoms with Gasteiger partial charge in [-0.3, -0.25) is 4.99 Å². The molecule has 1 N–H and O–H groups in total. The molecule has 3 rings (SSSR count). The summed E-state index contributed by atoms with van der Waals surface area (Å²) < 4.78 is 0. The molecule has 0 atom stereocenters. The molecule has 0 aliphatic rings. The van der Waals surface area contributed by atoms with Crippen molar-refractivity contribution in [3.63, 3.8) is 0 Å². The van der Waals surface area contributed by atoms with Crippen LogP contribution in [-0.2, 0) is 19.5 Å². The van der Waals surface area contributed by atoms with Gasteiger partial charge >= 0.3 is 0 Å². The van der Waals surface area contributed by atoms with Gasteiger partial charge in [-0.1, -0.05) is 91.0 Å². The molecule has 0 saturated carbocycles. The predicted octanol–water partition coefficient (Wildman–Crippen LogP) is 5.01. The molecule has 0 saturated heterocycles. The number of benzene rings is 3. The highest BCUT2D eigenvalue weighted by molar-refractivity contribution is 5.82. The second-order valence-electron chi connectivity index (χ2n) is 6.07. The van der Waals surface area contributed by atoms with E-state index in [0.717, 1.165) is 25.2 Å². The van der Waals surface area contributed by atoms with Crippen molar-refractivity contribution in [2.75, 3.05) is 0 Å². The van der Waals surface area contributed by atoms with Crippen LogP contribution in [0.25, 0.3) is 0 Å². The third-order valence-corrected chi connectivity index (χ3v) is 4.13. The lowest BCUT2D eigenvalue weighted by molar-refractivity contribution is 0.848. The molecule has 0 spiro atoms. The van der Waals surface area contributed by atoms with E-state index in [1.54, 1.807) is 0 Å². The number of amidine groups is 1. The zero-order valence-corrected chi connectivity index (χ0v) is 14.4. The average molecular weight is 328 g/mol. The van der Waals surface area contributed by atoms with E-state index in [0.29, 0.717) is 6.54 Å². The first kappa shape index (κ1) is 17.0. The number of rotatable bonds is 7. The summed E-state index contributed by atoms with van der Waals surface area (Å²) in [5.74, 6) is 1.07. The van der Waals surface area contributed by atoms with Gasteiger partial charge in [-0.2, -0.15) is 0 Å². The number of aliphatic imine (C=N–C) groups is 1. The van der Waals surface area contributed by atoms with Gasteiger partial charge in [-0.15, -0.1) is 0 Å². The molecule has 0 amide bonds. The summed E-state index contributed by atoms with van der Waals surface area (Å²) >= 11 is 0. The lowest BCUT2D eigenvalue weighted by Gasteiger charge is -2.11. The van der Waals surface area contributed by atoms with Crippen LogP contribution in [0.5, 0.6) is 0 Å². The number of hydrogen-bond acceptors (Lipinski definition) is 1. The second kappa shape index (κ2) is 9.43. The Morgan fingerprint density at radius 2 is 1.16 bits per heavy atom. The SMILES string of the molecule is c1ccc(CCC(=NCc2ccccc2)NCc2ccccc2)cc1. The van der Waals surface area contributed by atoms with Crippen LogP contribution in [0.4, 0.5) is 0 Å². The molecule has 3 aromatic rings. The Kier molecular flexibility index (Phi) is 6.40. The van der Waals surface area contributed by atoms with Crippen LogP contribution in [0.2, 0.25) is 0 Å². The van der Waals surface area contributed by atoms with E-state index < -0.39 is 0 Å². The molecule has 0 bridgehead atoms. The van der Waals surface area contributed by atoms with Gasteiger partial charge < -0.3 is 5.32 Å². The molecule has 0 heterocycles. The zero-order chi connectivity index (χ0) is 17.2. The van der Waals surface area contributed by atoms with E-state index in [1.165, 1.54) is 16.7 Å². The lowest BCUT2D eigenvalue weighted by Crippen LogP contribution is -2.23. The Bertz CT molecular complexity index is 719. The van der Waals surface area contributed by atoms with Crippen molar-refractivity contribution in [3.05, 3.63) is 108 Å². The summed E-state index contributed by atoms with van der Waals surface area (Å²) in [7, 11) is 0. The van der Waals surface area contributed by atoms with Crippen molar-refractivity contribution in [2.24, 2.45) is 4.99 Å². The Balaban J connectivity index is 1.64. The first-order chi connectivity index (χ1) is 12.4. The fraction of sp³-hybridized carbons (Fsp3) is 0.174. The minimum atomic E-state index is 0.715. The van der Waals surface area contributed by atoms with Gasteiger partial charge in [-0.25, -0.2) is 0 Å². The van der Waals surface area contributed by atoms with Crippen LogP contribution in [0.15, 0.2) is 96.0 Å². The van der Waals surface area contributed by atoms with Crippen LogP contribution in [0, 0.1) is 0 Å². The van der Waals surface area contributed by atoms with Crippen LogP contribution >= 0.6 is 0 Å². The second-order valence-corrected chi connectivity index (χ2v) is 6.07. The van der Waals surface area contributed by atoms with Gasteiger partial charge in [0.1, 0.15) is 0 Å². The number of nitrogens with zero attached hydrogens (tertiary/aromatic N) is 1. The quantitative estimate of drug-likeness (QED) is 0.478. The minimum Gasteiger partial charge on any atom is -0.370 e. The topological polar surface area (TPSA) is 24.4 Å². The molecule has 25 heavy (non-hydrogen) atoms. The van der Waals surface area contributed by atoms with Crippen molar-refractivity contribution in [3.8, 4) is 0 Å². The van der Waals surface area contributed by atoms with Gasteiger partial charge in [0.15, 0.2) is 0 Å². The van der Waals surface area contributed by atoms with Crippen molar-refractivity contribution in [1.29, 1.82) is 0 Å². The molecule has 2 heteroatoms. The third kappa shape index (κ3) is 5.92. The maximum Gasteiger partial charge on any atom is 0.0973 e. The van der Waals surface area contributed by atoms with Crippen molar-refractivity contribution < 1.29 is 0 Å². The van der Waals surface area contributed by atoms with Crippen molar-refractivity contribution in [2.45, 2.75) is 25.9 Å². The summed E-state index contributed by atoms with van der Waals surface area (Å²) in [5.41, 5.74) is 3.85. The molecule has 0 aliphatic heterocycles. The minimum absolute atomic E-state index is 0.715. The predicted molar refractivity (Wildman–Crippen MR) is 106 cm³/mol. The van der Waals surface area contributed by atoms with Gasteiger partial charge in [0.25, 0.3) is 0 Å². The van der Waals surface area contributed by atoms with Crippen LogP contribution < -0.4 is 5.32 Å². The van der Waals surface area contributed by atoms with E-state index in [9.17, 15) is 0 Å². The Morgan fingerprint density at radius 1 is 0.640 bits per heavy atom. The van der Waals surface area contributed by atoms with E-state index >= 15 is 0 Å². The summed E-state index contributed by atoms with van der Waals surface area (Å²) in [4.78, 5) is 4.83. The Hall–Kier alpha value is -2.87. The van der Waals surface area contributed by atoms with Gasteiger partial charge in [-0.05, 0) is 23.1 Å². The zero-order valence-electron chi connectivity index (χ0n) is 14.4. The van der Waals surface area contributed by atoms with Crippen LogP contribution in [0.1, 0.15) is 23.1 Å². The summed E-state index contributed by atoms with van der Waals surface area (Å²) in [5, 5.41) is 3.53. The maximum atomic E-state index is 4.83. The first-order valence-electron chi connectivity index (χ1n) is 8.79. The van der Waals surface area contributed by atoms with Gasteiger partial charge in [0.2, 0.25) is 0 Å². The van der Waals surface area contributed by atoms with E-state index in [2.05, 4.69) is 84.2 Å². The van der Waals surface area contributed by atoms with E-state index in [1.807, 2.05) is 12.1 Å². The number of aryl methyl sites for hydroxylation is 1. The molecule has 126 valence electrons. The van der Waals surface area contributed by atoms with Gasteiger partial charge in [0.05, 0.1) is 12.4 Å². The van der Waals surface area contributed by atoms with Gasteiger partial charge in [0, 0.05) is 13.0 Å². The number of nitrogens with one attached hydrogen (secondary N) is 1. The fourth-order valence-corrected chi connectivity index (χ4v) is 2.70. The van der Waals surface area contributed by atoms with Crippen LogP contribution in [-0.4, -0.2) is 5.84 Å². The average Bonchev–Trinajstić information content (AvgIpc) is 2.70. The molecular formula is C23H24N2. The van der Waals surface area contributed by atoms with Crippen molar-refractivity contribution >= 4 is 5.84 Å². The Morgan fingerprint density at radius 3 is 1.76 bits per heavy atom. The summed E-state index contributed by atoms with van der Waals surface area (Å²) in [6, 6.07) is 31.4. The largest absolute Gasteiger partial charge is 0.370 e. The fourth-order valence-electron chi connectivity index (χ4n) is 2.70. The van der Waals surface area contributed by atoms with E-state index in [4.69, 9.17) is 4.99 Å². The molecule has 0 unspecified atom stereocenters. The summed E-state index contributed by atoms with van der Waals surface area (Å²) in [6.07, 6.45) is 1.92. The Labute approximate surface area is 150 Å². The third-order valence-electron chi connectivity index (χ3n) is 4.13. The maximum absolute atomic E-state index is 4.83. The first-order valence-corrected chi connectivity index (χ1v) is 8.79. The smallest absolute Gasteiger partial charge is 0.0973 e. The highest BCUT2D eigenvalue weighted by atomic mass is 15.0. The summed E-state index contributed by atoms with van der Waals surface area (Å²) in [6.45, 7) is 1.52. The van der Waals surface area contributed by atoms with E-state index in [-0.39, 0.29) is 0 Å². The normalized spacial score (nSPS) is 11.3. The molecule has 0 fully saturated rings. The molecule has 2 nitrogen and oxygen atoms in total. The molecule has 0 aromatic heterocycles. The molecule has 3 aromatic carbocycles. The standard InChI is InChI=1S/C23H24N2/c1-4-10-20(11-5-1)16-17-23(24-18-21-12-6-2-7-13-21)25-19-22-14-8-3-9-15-22/h1-15H,16-19H2,(H,24,25). The molecular weight excluding hydrogens is 304 g/mol. The van der Waals surface area contributed by atoms with Crippen LogP contribution in [0.3, 0.4) is 0 Å².